The van der Waals surface area contributed by atoms with E-state index in [9.17, 15) is 4.79 Å². The molecule has 5 nitrogen and oxygen atoms in total. The van der Waals surface area contributed by atoms with E-state index >= 15 is 0 Å². The summed E-state index contributed by atoms with van der Waals surface area (Å²) in [6.07, 6.45) is 0. The minimum atomic E-state index is -0.264. The van der Waals surface area contributed by atoms with Crippen LogP contribution in [0.15, 0.2) is 30.3 Å². The van der Waals surface area contributed by atoms with Gasteiger partial charge in [-0.3, -0.25) is 15.2 Å². The van der Waals surface area contributed by atoms with Crippen molar-refractivity contribution in [3.63, 3.8) is 0 Å². The van der Waals surface area contributed by atoms with Crippen molar-refractivity contribution in [2.45, 2.75) is 0 Å². The maximum absolute atomic E-state index is 11.7. The average Bonchev–Trinajstić information content (AvgIpc) is 2.81. The highest BCUT2D eigenvalue weighted by Gasteiger charge is 2.21. The molecule has 0 aliphatic heterocycles. The lowest BCUT2D eigenvalue weighted by Crippen LogP contribution is -2.28. The summed E-state index contributed by atoms with van der Waals surface area (Å²) < 4.78 is 4.53. The number of aromatic nitrogens is 1. The lowest BCUT2D eigenvalue weighted by molar-refractivity contribution is 0.0960. The van der Waals surface area contributed by atoms with E-state index in [4.69, 9.17) is 11.6 Å². The van der Waals surface area contributed by atoms with Crippen molar-refractivity contribution in [3.8, 4) is 0 Å². The summed E-state index contributed by atoms with van der Waals surface area (Å²) in [5, 5.41) is 4.23. The van der Waals surface area contributed by atoms with Crippen molar-refractivity contribution in [1.82, 2.24) is 9.69 Å². The Morgan fingerprint density at radius 2 is 2.05 bits per heavy atom. The third-order valence-electron chi connectivity index (χ3n) is 2.48. The van der Waals surface area contributed by atoms with Gasteiger partial charge >= 0.3 is 0 Å². The highest BCUT2D eigenvalue weighted by atomic mass is 35.5. The Balaban J connectivity index is 2.26. The first-order chi connectivity index (χ1) is 9.13. The predicted molar refractivity (Wildman–Crippen MR) is 79.0 cm³/mol. The Morgan fingerprint density at radius 1 is 1.37 bits per heavy atom. The number of amides is 1. The molecule has 0 spiro atoms. The number of anilines is 2. The van der Waals surface area contributed by atoms with Gasteiger partial charge in [0.05, 0.1) is 5.69 Å². The molecule has 0 fully saturated rings. The zero-order chi connectivity index (χ0) is 13.8. The summed E-state index contributed by atoms with van der Waals surface area (Å²) >= 11 is 7.19. The fraction of sp³-hybridized carbons (Fsp3) is 0.167. The van der Waals surface area contributed by atoms with E-state index in [1.807, 2.05) is 30.3 Å². The topological polar surface area (TPSA) is 57.3 Å². The molecule has 0 saturated heterocycles. The largest absolute Gasteiger partial charge is 0.354 e. The number of carbonyl (C=O) groups excluding carboxylic acids is 1. The lowest BCUT2D eigenvalue weighted by Gasteiger charge is -2.21. The van der Waals surface area contributed by atoms with E-state index in [-0.39, 0.29) is 5.91 Å². The number of hydrogen-bond donors (Lipinski definition) is 2. The summed E-state index contributed by atoms with van der Waals surface area (Å²) in [7, 11) is 3.35. The molecule has 0 atom stereocenters. The van der Waals surface area contributed by atoms with Crippen LogP contribution in [0.3, 0.4) is 0 Å². The summed E-state index contributed by atoms with van der Waals surface area (Å²) in [5.41, 5.74) is 4.91. The molecule has 1 heterocycles. The Morgan fingerprint density at radius 3 is 2.68 bits per heavy atom. The molecule has 1 aromatic heterocycles. The van der Waals surface area contributed by atoms with Gasteiger partial charge in [-0.25, -0.2) is 0 Å². The first kappa shape index (κ1) is 13.6. The van der Waals surface area contributed by atoms with E-state index in [1.165, 1.54) is 0 Å². The summed E-state index contributed by atoms with van der Waals surface area (Å²) in [5.74, 6) is -0.264. The second-order valence-electron chi connectivity index (χ2n) is 3.77. The number of carbonyl (C=O) groups is 1. The van der Waals surface area contributed by atoms with Gasteiger partial charge in [0.1, 0.15) is 10.0 Å². The lowest BCUT2D eigenvalue weighted by atomic mass is 10.3. The molecule has 100 valence electrons. The molecule has 2 aromatic rings. The van der Waals surface area contributed by atoms with Crippen LogP contribution in [-0.2, 0) is 0 Å². The predicted octanol–water partition coefficient (Wildman–Crippen LogP) is 2.62. The molecule has 19 heavy (non-hydrogen) atoms. The average molecular weight is 297 g/mol. The van der Waals surface area contributed by atoms with Gasteiger partial charge in [0, 0.05) is 14.1 Å². The maximum Gasteiger partial charge on any atom is 0.273 e. The second-order valence-corrected chi connectivity index (χ2v) is 5.14. The minimum Gasteiger partial charge on any atom is -0.354 e. The van der Waals surface area contributed by atoms with Gasteiger partial charge in [0.2, 0.25) is 0 Å². The summed E-state index contributed by atoms with van der Waals surface area (Å²) in [6, 6.07) is 9.61. The Hall–Kier alpha value is -1.79. The molecule has 1 amide bonds. The van der Waals surface area contributed by atoms with Crippen LogP contribution in [0.4, 0.5) is 11.4 Å². The standard InChI is InChI=1S/C12H13ClN4OS/c1-14-12(18)9-10(11(13)19-16-9)17(2)15-8-6-4-3-5-7-8/h3-7,15H,1-2H3,(H,14,18). The zero-order valence-corrected chi connectivity index (χ0v) is 12.0. The number of halogens is 1. The van der Waals surface area contributed by atoms with Gasteiger partial charge in [-0.2, -0.15) is 4.37 Å². The van der Waals surface area contributed by atoms with E-state index < -0.39 is 0 Å². The van der Waals surface area contributed by atoms with Crippen molar-refractivity contribution in [2.24, 2.45) is 0 Å². The fourth-order valence-electron chi connectivity index (χ4n) is 1.59. The molecule has 1 aromatic carbocycles. The number of benzene rings is 1. The molecule has 0 aliphatic rings. The molecule has 0 aliphatic carbocycles. The first-order valence-electron chi connectivity index (χ1n) is 5.56. The number of para-hydroxylation sites is 1. The third kappa shape index (κ3) is 2.97. The Bertz CT molecular complexity index is 572. The number of rotatable bonds is 4. The summed E-state index contributed by atoms with van der Waals surface area (Å²) in [6.45, 7) is 0. The minimum absolute atomic E-state index is 0.264. The molecular formula is C12H13ClN4OS. The number of nitrogens with zero attached hydrogens (tertiary/aromatic N) is 2. The van der Waals surface area contributed by atoms with E-state index in [0.717, 1.165) is 17.2 Å². The Kier molecular flexibility index (Phi) is 4.24. The van der Waals surface area contributed by atoms with Crippen molar-refractivity contribution >= 4 is 40.4 Å². The van der Waals surface area contributed by atoms with Gasteiger partial charge in [-0.15, -0.1) is 0 Å². The molecular weight excluding hydrogens is 284 g/mol. The fourth-order valence-corrected chi connectivity index (χ4v) is 2.57. The molecule has 0 unspecified atom stereocenters. The molecule has 0 saturated carbocycles. The highest BCUT2D eigenvalue weighted by Crippen LogP contribution is 2.32. The monoisotopic (exact) mass is 296 g/mol. The van der Waals surface area contributed by atoms with Gasteiger partial charge in [0.15, 0.2) is 5.69 Å². The van der Waals surface area contributed by atoms with Gasteiger partial charge in [0.25, 0.3) is 5.91 Å². The second kappa shape index (κ2) is 5.90. The van der Waals surface area contributed by atoms with Crippen LogP contribution in [0.2, 0.25) is 4.34 Å². The van der Waals surface area contributed by atoms with Crippen molar-refractivity contribution in [1.29, 1.82) is 0 Å². The van der Waals surface area contributed by atoms with E-state index in [2.05, 4.69) is 15.1 Å². The van der Waals surface area contributed by atoms with Gasteiger partial charge < -0.3 is 5.32 Å². The van der Waals surface area contributed by atoms with Crippen molar-refractivity contribution in [3.05, 3.63) is 40.4 Å². The van der Waals surface area contributed by atoms with Crippen LogP contribution in [0.1, 0.15) is 10.5 Å². The molecule has 2 rings (SSSR count). The number of hydrazine groups is 1. The normalized spacial score (nSPS) is 10.1. The van der Waals surface area contributed by atoms with Crippen molar-refractivity contribution in [2.75, 3.05) is 24.5 Å². The van der Waals surface area contributed by atoms with Gasteiger partial charge in [-0.1, -0.05) is 29.8 Å². The van der Waals surface area contributed by atoms with Gasteiger partial charge in [-0.05, 0) is 23.7 Å². The highest BCUT2D eigenvalue weighted by molar-refractivity contribution is 7.11. The quantitative estimate of drug-likeness (QED) is 0.852. The molecule has 7 heteroatoms. The SMILES string of the molecule is CNC(=O)c1nsc(Cl)c1N(C)Nc1ccccc1. The molecule has 0 bridgehead atoms. The smallest absolute Gasteiger partial charge is 0.273 e. The van der Waals surface area contributed by atoms with Crippen LogP contribution in [0, 0.1) is 0 Å². The van der Waals surface area contributed by atoms with Crippen molar-refractivity contribution < 1.29 is 4.79 Å². The van der Waals surface area contributed by atoms with Crippen LogP contribution < -0.4 is 15.8 Å². The van der Waals surface area contributed by atoms with Crippen LogP contribution in [0.5, 0.6) is 0 Å². The van der Waals surface area contributed by atoms with Crippen LogP contribution in [0.25, 0.3) is 0 Å². The number of nitrogens with one attached hydrogen (secondary N) is 2. The summed E-state index contributed by atoms with van der Waals surface area (Å²) in [4.78, 5) is 11.7. The Labute approximate surface area is 120 Å². The van der Waals surface area contributed by atoms with E-state index in [0.29, 0.717) is 15.7 Å². The van der Waals surface area contributed by atoms with Crippen LogP contribution >= 0.6 is 23.1 Å². The molecule has 2 N–H and O–H groups in total. The third-order valence-corrected chi connectivity index (χ3v) is 3.49. The first-order valence-corrected chi connectivity index (χ1v) is 6.71. The van der Waals surface area contributed by atoms with Crippen LogP contribution in [-0.4, -0.2) is 24.4 Å². The van der Waals surface area contributed by atoms with E-state index in [1.54, 1.807) is 19.1 Å². The number of hydrogen-bond acceptors (Lipinski definition) is 5. The zero-order valence-electron chi connectivity index (χ0n) is 10.5. The molecule has 0 radical (unpaired) electrons. The maximum atomic E-state index is 11.7.